The van der Waals surface area contributed by atoms with Gasteiger partial charge in [-0.1, -0.05) is 30.3 Å². The minimum Gasteiger partial charge on any atom is -0.493 e. The van der Waals surface area contributed by atoms with Crippen LogP contribution in [0.15, 0.2) is 48.2 Å². The zero-order chi connectivity index (χ0) is 21.2. The van der Waals surface area contributed by atoms with Crippen molar-refractivity contribution in [3.05, 3.63) is 59.3 Å². The molecule has 0 bridgehead atoms. The maximum absolute atomic E-state index is 11.7. The maximum atomic E-state index is 11.7. The zero-order valence-electron chi connectivity index (χ0n) is 16.9. The van der Waals surface area contributed by atoms with E-state index in [1.165, 1.54) is 12.2 Å². The van der Waals surface area contributed by atoms with Crippen molar-refractivity contribution >= 4 is 18.7 Å². The molecule has 7 nitrogen and oxygen atoms in total. The Morgan fingerprint density at radius 3 is 2.38 bits per heavy atom. The number of benzene rings is 2. The first-order valence-electron chi connectivity index (χ1n) is 9.24. The Hall–Kier alpha value is -2.77. The van der Waals surface area contributed by atoms with Crippen LogP contribution in [0.25, 0.3) is 0 Å². The highest BCUT2D eigenvalue weighted by molar-refractivity contribution is 6.45. The summed E-state index contributed by atoms with van der Waals surface area (Å²) in [6.07, 6.45) is 0. The highest BCUT2D eigenvalue weighted by Gasteiger charge is 2.45. The van der Waals surface area contributed by atoms with Crippen molar-refractivity contribution in [2.75, 3.05) is 12.2 Å². The molecule has 2 N–H and O–H groups in total. The average Bonchev–Trinajstić information content (AvgIpc) is 2.97. The van der Waals surface area contributed by atoms with Crippen LogP contribution in [-0.2, 0) is 16.2 Å². The molecule has 0 aliphatic carbocycles. The van der Waals surface area contributed by atoms with Gasteiger partial charge in [0.15, 0.2) is 11.5 Å². The second-order valence-corrected chi connectivity index (χ2v) is 7.71. The molecular formula is C21H24BNO6. The molecule has 3 rings (SSSR count). The molecule has 29 heavy (non-hydrogen) atoms. The summed E-state index contributed by atoms with van der Waals surface area (Å²) < 4.78 is 11.4. The predicted octanol–water partition coefficient (Wildman–Crippen LogP) is 2.64. The van der Waals surface area contributed by atoms with E-state index in [4.69, 9.17) is 14.3 Å². The molecule has 2 aromatic rings. The third-order valence-corrected chi connectivity index (χ3v) is 4.39. The standard InChI is InChI=1S/C21H24BNO6/c1-21(2,3)29-23-16-11-19(28-13-14-8-6-5-7-9-14)18(27-4)10-15(16)20(22(25)26)17(23)12-24/h5-11,20,25-26H,13H2,1-4H3. The monoisotopic (exact) mass is 397 g/mol. The topological polar surface area (TPSA) is 88.5 Å². The van der Waals surface area contributed by atoms with E-state index >= 15 is 0 Å². The van der Waals surface area contributed by atoms with E-state index in [2.05, 4.69) is 0 Å². The lowest BCUT2D eigenvalue weighted by molar-refractivity contribution is -0.00847. The summed E-state index contributed by atoms with van der Waals surface area (Å²) in [5.41, 5.74) is 1.27. The molecule has 0 spiro atoms. The van der Waals surface area contributed by atoms with Crippen molar-refractivity contribution in [2.24, 2.45) is 0 Å². The Morgan fingerprint density at radius 1 is 1.14 bits per heavy atom. The molecule has 0 radical (unpaired) electrons. The minimum atomic E-state index is -1.81. The van der Waals surface area contributed by atoms with Gasteiger partial charge in [0, 0.05) is 6.07 Å². The predicted molar refractivity (Wildman–Crippen MR) is 109 cm³/mol. The first-order valence-corrected chi connectivity index (χ1v) is 9.24. The molecule has 152 valence electrons. The zero-order valence-corrected chi connectivity index (χ0v) is 16.9. The summed E-state index contributed by atoms with van der Waals surface area (Å²) in [7, 11) is -0.310. The van der Waals surface area contributed by atoms with Crippen molar-refractivity contribution in [1.82, 2.24) is 0 Å². The lowest BCUT2D eigenvalue weighted by Gasteiger charge is -2.28. The number of allylic oxidation sites excluding steroid dienone is 1. The van der Waals surface area contributed by atoms with Crippen LogP contribution in [0.1, 0.15) is 37.7 Å². The van der Waals surface area contributed by atoms with E-state index in [9.17, 15) is 14.8 Å². The number of nitrogens with zero attached hydrogens (tertiary/aromatic N) is 1. The Kier molecular flexibility index (Phi) is 6.00. The summed E-state index contributed by atoms with van der Waals surface area (Å²) >= 11 is 0. The Balaban J connectivity index is 2.04. The fraction of sp³-hybridized carbons (Fsp3) is 0.333. The maximum Gasteiger partial charge on any atom is 0.466 e. The van der Waals surface area contributed by atoms with Gasteiger partial charge < -0.3 is 19.5 Å². The number of fused-ring (bicyclic) bond motifs is 1. The van der Waals surface area contributed by atoms with Gasteiger partial charge in [0.2, 0.25) is 0 Å². The fourth-order valence-electron chi connectivity index (χ4n) is 3.18. The molecule has 1 unspecified atom stereocenters. The Bertz CT molecular complexity index is 919. The van der Waals surface area contributed by atoms with Crippen molar-refractivity contribution in [3.63, 3.8) is 0 Å². The van der Waals surface area contributed by atoms with Gasteiger partial charge in [-0.2, -0.15) is 0 Å². The highest BCUT2D eigenvalue weighted by atomic mass is 16.7. The van der Waals surface area contributed by atoms with Gasteiger partial charge in [0.05, 0.1) is 24.2 Å². The summed E-state index contributed by atoms with van der Waals surface area (Å²) in [4.78, 5) is 17.6. The van der Waals surface area contributed by atoms with Gasteiger partial charge in [-0.15, -0.1) is 0 Å². The van der Waals surface area contributed by atoms with Gasteiger partial charge in [0.25, 0.3) is 0 Å². The molecule has 0 saturated heterocycles. The third kappa shape index (κ3) is 4.47. The summed E-state index contributed by atoms with van der Waals surface area (Å²) in [6, 6.07) is 13.0. The van der Waals surface area contributed by atoms with Crippen LogP contribution in [0.3, 0.4) is 0 Å². The lowest BCUT2D eigenvalue weighted by Crippen LogP contribution is -2.34. The van der Waals surface area contributed by atoms with Crippen LogP contribution in [0.2, 0.25) is 0 Å². The van der Waals surface area contributed by atoms with Gasteiger partial charge in [-0.3, -0.25) is 4.84 Å². The number of ether oxygens (including phenoxy) is 2. The van der Waals surface area contributed by atoms with Crippen LogP contribution in [0.4, 0.5) is 5.69 Å². The number of hydroxylamine groups is 1. The minimum absolute atomic E-state index is 0.0211. The largest absolute Gasteiger partial charge is 0.493 e. The second kappa shape index (κ2) is 8.31. The second-order valence-electron chi connectivity index (χ2n) is 7.71. The number of rotatable bonds is 6. The molecule has 0 fully saturated rings. The molecule has 1 aliphatic rings. The number of hydrogen-bond donors (Lipinski definition) is 2. The summed E-state index contributed by atoms with van der Waals surface area (Å²) in [5, 5.41) is 21.1. The van der Waals surface area contributed by atoms with E-state index in [0.29, 0.717) is 29.4 Å². The Morgan fingerprint density at radius 2 is 1.83 bits per heavy atom. The highest BCUT2D eigenvalue weighted by Crippen LogP contribution is 2.48. The molecule has 1 atom stereocenters. The number of carbonyl (C=O) groups excluding carboxylic acids is 1. The van der Waals surface area contributed by atoms with E-state index in [1.54, 1.807) is 18.1 Å². The van der Waals surface area contributed by atoms with Crippen LogP contribution in [0.5, 0.6) is 11.5 Å². The molecule has 1 aliphatic heterocycles. The van der Waals surface area contributed by atoms with Crippen LogP contribution in [-0.4, -0.2) is 35.8 Å². The first kappa shape index (κ1) is 21.0. The van der Waals surface area contributed by atoms with Crippen molar-refractivity contribution in [1.29, 1.82) is 0 Å². The van der Waals surface area contributed by atoms with E-state index in [-0.39, 0.29) is 5.70 Å². The number of anilines is 1. The average molecular weight is 397 g/mol. The summed E-state index contributed by atoms with van der Waals surface area (Å²) in [6.45, 7) is 5.80. The van der Waals surface area contributed by atoms with E-state index < -0.39 is 18.5 Å². The number of methoxy groups -OCH3 is 1. The molecule has 0 amide bonds. The van der Waals surface area contributed by atoms with Crippen LogP contribution >= 0.6 is 0 Å². The van der Waals surface area contributed by atoms with E-state index in [0.717, 1.165) is 5.56 Å². The molecule has 8 heteroatoms. The molecule has 2 aromatic carbocycles. The van der Waals surface area contributed by atoms with Crippen molar-refractivity contribution in [3.8, 4) is 11.5 Å². The molecule has 1 heterocycles. The van der Waals surface area contributed by atoms with E-state index in [1.807, 2.05) is 51.1 Å². The fourth-order valence-corrected chi connectivity index (χ4v) is 3.18. The van der Waals surface area contributed by atoms with Crippen molar-refractivity contribution in [2.45, 2.75) is 38.8 Å². The van der Waals surface area contributed by atoms with Crippen LogP contribution in [0, 0.1) is 0 Å². The van der Waals surface area contributed by atoms with Gasteiger partial charge in [-0.05, 0) is 38.0 Å². The van der Waals surface area contributed by atoms with Crippen LogP contribution < -0.4 is 14.5 Å². The third-order valence-electron chi connectivity index (χ3n) is 4.39. The molecular weight excluding hydrogens is 373 g/mol. The molecule has 0 aromatic heterocycles. The van der Waals surface area contributed by atoms with Gasteiger partial charge in [-0.25, -0.2) is 9.86 Å². The quantitative estimate of drug-likeness (QED) is 0.572. The van der Waals surface area contributed by atoms with Crippen molar-refractivity contribution < 1.29 is 29.2 Å². The van der Waals surface area contributed by atoms with Gasteiger partial charge >= 0.3 is 7.12 Å². The SMILES string of the molecule is COc1cc2c(cc1OCc1ccccc1)N(OC(C)(C)C)C(=C=O)C2B(O)O. The number of hydrogen-bond acceptors (Lipinski definition) is 7. The smallest absolute Gasteiger partial charge is 0.466 e. The first-order chi connectivity index (χ1) is 13.7. The summed E-state index contributed by atoms with van der Waals surface area (Å²) in [5.74, 6) is 1.63. The Labute approximate surface area is 170 Å². The normalized spacial score (nSPS) is 15.7. The van der Waals surface area contributed by atoms with Gasteiger partial charge in [0.1, 0.15) is 18.2 Å². The lowest BCUT2D eigenvalue weighted by atomic mass is 9.68. The molecule has 0 saturated carbocycles.